The second kappa shape index (κ2) is 6.08. The summed E-state index contributed by atoms with van der Waals surface area (Å²) in [6, 6.07) is 5.55. The Morgan fingerprint density at radius 1 is 1.21 bits per heavy atom. The molecule has 0 saturated carbocycles. The van der Waals surface area contributed by atoms with Crippen molar-refractivity contribution in [3.8, 4) is 11.5 Å². The molecule has 1 rings (SSSR count). The van der Waals surface area contributed by atoms with Gasteiger partial charge in [0.15, 0.2) is 0 Å². The molecule has 0 radical (unpaired) electrons. The first-order chi connectivity index (χ1) is 8.78. The van der Waals surface area contributed by atoms with Gasteiger partial charge in [-0.1, -0.05) is 6.58 Å². The molecule has 0 aliphatic heterocycles. The van der Waals surface area contributed by atoms with Crippen LogP contribution in [0.4, 0.5) is 13.2 Å². The van der Waals surface area contributed by atoms with Crippen LogP contribution in [0.25, 0.3) is 0 Å². The predicted molar refractivity (Wildman–Crippen MR) is 62.7 cm³/mol. The Kier molecular flexibility index (Phi) is 4.74. The molecule has 0 N–H and O–H groups in total. The van der Waals surface area contributed by atoms with Crippen molar-refractivity contribution in [2.24, 2.45) is 0 Å². The van der Waals surface area contributed by atoms with Gasteiger partial charge in [-0.2, -0.15) is 13.2 Å². The molecule has 0 spiro atoms. The van der Waals surface area contributed by atoms with Crippen molar-refractivity contribution in [2.75, 3.05) is 0 Å². The average Bonchev–Trinajstić information content (AvgIpc) is 2.29. The Balaban J connectivity index is 2.59. The van der Waals surface area contributed by atoms with Gasteiger partial charge in [-0.3, -0.25) is 0 Å². The van der Waals surface area contributed by atoms with Gasteiger partial charge >= 0.3 is 12.1 Å². The molecule has 0 heterocycles. The Bertz CT molecular complexity index is 487. The summed E-state index contributed by atoms with van der Waals surface area (Å²) in [5.41, 5.74) is 0.244. The largest absolute Gasteiger partial charge is 0.465 e. The summed E-state index contributed by atoms with van der Waals surface area (Å²) in [4.78, 5) is 11.2. The molecule has 19 heavy (non-hydrogen) atoms. The molecule has 6 heteroatoms. The van der Waals surface area contributed by atoms with Gasteiger partial charge in [-0.05, 0) is 31.2 Å². The van der Waals surface area contributed by atoms with Crippen molar-refractivity contribution in [2.45, 2.75) is 13.1 Å². The van der Waals surface area contributed by atoms with Gasteiger partial charge in [0.05, 0.1) is 12.3 Å². The molecule has 0 aliphatic carbocycles. The molecule has 0 fully saturated rings. The first kappa shape index (κ1) is 14.8. The Labute approximate surface area is 107 Å². The minimum absolute atomic E-state index is 0.0258. The lowest BCUT2D eigenvalue weighted by Gasteiger charge is -2.05. The lowest BCUT2D eigenvalue weighted by Crippen LogP contribution is -2.07. The number of rotatable bonds is 4. The van der Waals surface area contributed by atoms with Crippen LogP contribution in [0.1, 0.15) is 6.92 Å². The average molecular weight is 272 g/mol. The molecular weight excluding hydrogens is 261 g/mol. The second-order valence-corrected chi connectivity index (χ2v) is 3.60. The van der Waals surface area contributed by atoms with Crippen LogP contribution < -0.4 is 9.47 Å². The normalized spacial score (nSPS) is 11.4. The maximum Gasteiger partial charge on any atom is 0.412 e. The summed E-state index contributed by atoms with van der Waals surface area (Å²) in [5.74, 6) is -0.138. The number of hydrogen-bond acceptors (Lipinski definition) is 3. The van der Waals surface area contributed by atoms with E-state index in [-0.39, 0.29) is 23.1 Å². The van der Waals surface area contributed by atoms with E-state index in [4.69, 9.17) is 9.47 Å². The minimum atomic E-state index is -4.42. The van der Waals surface area contributed by atoms with Crippen LogP contribution in [0.15, 0.2) is 48.8 Å². The molecule has 102 valence electrons. The summed E-state index contributed by atoms with van der Waals surface area (Å²) in [6.07, 6.45) is -3.91. The van der Waals surface area contributed by atoms with E-state index < -0.39 is 12.1 Å². The molecular formula is C13H11F3O3. The van der Waals surface area contributed by atoms with Gasteiger partial charge in [-0.25, -0.2) is 4.79 Å². The minimum Gasteiger partial charge on any atom is -0.465 e. The third-order valence-corrected chi connectivity index (χ3v) is 1.84. The maximum absolute atomic E-state index is 11.8. The number of carbonyl (C=O) groups excluding carboxylic acids is 1. The fraction of sp³-hybridized carbons (Fsp3) is 0.154. The number of allylic oxidation sites excluding steroid dienone is 1. The maximum atomic E-state index is 11.8. The van der Waals surface area contributed by atoms with E-state index in [9.17, 15) is 18.0 Å². The number of carbonyl (C=O) groups is 1. The smallest absolute Gasteiger partial charge is 0.412 e. The zero-order chi connectivity index (χ0) is 14.5. The summed E-state index contributed by atoms with van der Waals surface area (Å²) in [7, 11) is 0. The van der Waals surface area contributed by atoms with E-state index in [0.29, 0.717) is 6.26 Å². The third-order valence-electron chi connectivity index (χ3n) is 1.84. The van der Waals surface area contributed by atoms with Crippen molar-refractivity contribution in [1.82, 2.24) is 0 Å². The van der Waals surface area contributed by atoms with Gasteiger partial charge in [0.2, 0.25) is 0 Å². The zero-order valence-corrected chi connectivity index (χ0v) is 10.0. The molecule has 1 aromatic carbocycles. The van der Waals surface area contributed by atoms with Crippen LogP contribution in [-0.4, -0.2) is 12.1 Å². The molecule has 0 atom stereocenters. The number of benzene rings is 1. The fourth-order valence-electron chi connectivity index (χ4n) is 0.970. The van der Waals surface area contributed by atoms with Crippen LogP contribution in [-0.2, 0) is 4.79 Å². The topological polar surface area (TPSA) is 35.5 Å². The fourth-order valence-corrected chi connectivity index (χ4v) is 0.970. The predicted octanol–water partition coefficient (Wildman–Crippen LogP) is 3.62. The van der Waals surface area contributed by atoms with Crippen LogP contribution in [0.3, 0.4) is 0 Å². The molecule has 0 saturated heterocycles. The monoisotopic (exact) mass is 272 g/mol. The molecule has 0 unspecified atom stereocenters. The zero-order valence-electron chi connectivity index (χ0n) is 10.0. The van der Waals surface area contributed by atoms with E-state index in [0.717, 1.165) is 0 Å². The van der Waals surface area contributed by atoms with Gasteiger partial charge < -0.3 is 9.47 Å². The van der Waals surface area contributed by atoms with Crippen LogP contribution in [0, 0.1) is 0 Å². The van der Waals surface area contributed by atoms with Crippen molar-refractivity contribution in [3.05, 3.63) is 48.8 Å². The van der Waals surface area contributed by atoms with Crippen molar-refractivity contribution >= 4 is 5.97 Å². The highest BCUT2D eigenvalue weighted by Crippen LogP contribution is 2.20. The van der Waals surface area contributed by atoms with Gasteiger partial charge in [-0.15, -0.1) is 0 Å². The molecule has 0 aliphatic rings. The van der Waals surface area contributed by atoms with Crippen molar-refractivity contribution in [3.63, 3.8) is 0 Å². The number of ether oxygens (including phenoxy) is 2. The van der Waals surface area contributed by atoms with Crippen molar-refractivity contribution < 1.29 is 27.4 Å². The SMILES string of the molecule is C=C(C)C(=O)Oc1ccc(OC=CC(F)(F)F)cc1. The highest BCUT2D eigenvalue weighted by atomic mass is 19.4. The van der Waals surface area contributed by atoms with Gasteiger partial charge in [0, 0.05) is 5.57 Å². The molecule has 3 nitrogen and oxygen atoms in total. The third kappa shape index (κ3) is 5.76. The molecule has 0 bridgehead atoms. The lowest BCUT2D eigenvalue weighted by molar-refractivity contribution is -0.130. The summed E-state index contributed by atoms with van der Waals surface area (Å²) < 4.78 is 45.1. The first-order valence-corrected chi connectivity index (χ1v) is 5.17. The van der Waals surface area contributed by atoms with E-state index in [1.165, 1.54) is 31.2 Å². The summed E-state index contributed by atoms with van der Waals surface area (Å²) in [5, 5.41) is 0. The second-order valence-electron chi connectivity index (χ2n) is 3.60. The highest BCUT2D eigenvalue weighted by molar-refractivity contribution is 5.88. The van der Waals surface area contributed by atoms with E-state index in [1.54, 1.807) is 0 Å². The molecule has 1 aromatic rings. The summed E-state index contributed by atoms with van der Waals surface area (Å²) >= 11 is 0. The Morgan fingerprint density at radius 3 is 2.21 bits per heavy atom. The number of hydrogen-bond donors (Lipinski definition) is 0. The van der Waals surface area contributed by atoms with Crippen molar-refractivity contribution in [1.29, 1.82) is 0 Å². The lowest BCUT2D eigenvalue weighted by atomic mass is 10.3. The van der Waals surface area contributed by atoms with Crippen LogP contribution in [0.2, 0.25) is 0 Å². The number of esters is 1. The Hall–Kier alpha value is -2.24. The van der Waals surface area contributed by atoms with Crippen LogP contribution in [0.5, 0.6) is 11.5 Å². The van der Waals surface area contributed by atoms with E-state index in [1.807, 2.05) is 0 Å². The standard InChI is InChI=1S/C13H11F3O3/c1-9(2)12(17)19-11-5-3-10(4-6-11)18-8-7-13(14,15)16/h3-8H,1H2,2H3. The first-order valence-electron chi connectivity index (χ1n) is 5.17. The summed E-state index contributed by atoms with van der Waals surface area (Å²) in [6.45, 7) is 4.92. The van der Waals surface area contributed by atoms with E-state index in [2.05, 4.69) is 6.58 Å². The van der Waals surface area contributed by atoms with Gasteiger partial charge in [0.25, 0.3) is 0 Å². The number of halogens is 3. The molecule has 0 amide bonds. The number of alkyl halides is 3. The van der Waals surface area contributed by atoms with Crippen LogP contribution >= 0.6 is 0 Å². The quantitative estimate of drug-likeness (QED) is 0.363. The van der Waals surface area contributed by atoms with Gasteiger partial charge in [0.1, 0.15) is 11.5 Å². The highest BCUT2D eigenvalue weighted by Gasteiger charge is 2.22. The van der Waals surface area contributed by atoms with E-state index >= 15 is 0 Å². The molecule has 0 aromatic heterocycles. The Morgan fingerprint density at radius 2 is 1.74 bits per heavy atom.